The molecule has 0 aromatic heterocycles. The fourth-order valence-electron chi connectivity index (χ4n) is 11.0. The van der Waals surface area contributed by atoms with Gasteiger partial charge in [-0.05, 0) is 84.0 Å². The molecule has 0 spiro atoms. The van der Waals surface area contributed by atoms with Gasteiger partial charge in [0.1, 0.15) is 30.7 Å². The molecule has 1 amide bonds. The summed E-state index contributed by atoms with van der Waals surface area (Å²) in [7, 11) is 0. The van der Waals surface area contributed by atoms with Gasteiger partial charge in [0.25, 0.3) is 5.91 Å². The van der Waals surface area contributed by atoms with E-state index in [9.17, 15) is 50.4 Å². The highest BCUT2D eigenvalue weighted by atomic mass is 16.8. The van der Waals surface area contributed by atoms with Gasteiger partial charge in [-0.2, -0.15) is 0 Å². The summed E-state index contributed by atoms with van der Waals surface area (Å²) in [5.74, 6) is -7.39. The van der Waals surface area contributed by atoms with Gasteiger partial charge in [-0.3, -0.25) is 19.7 Å². The lowest BCUT2D eigenvalue weighted by atomic mass is 9.50. The van der Waals surface area contributed by atoms with Crippen molar-refractivity contribution in [1.82, 2.24) is 0 Å². The zero-order chi connectivity index (χ0) is 42.1. The monoisotopic (exact) mass is 821 g/mol. The standard InChI is InChI=1S/C45H47N3O12/c49-22-36-39(53)40(54)41(55)45(58,60-36)59-35-20-32-29(19-34(35)51)38-31(43-15-4-3-6-27(43)11-10-25-5-1-2-7-30(25)43)14-16-44(38,42(56)57)48(32)37(52)13-9-24-8-12-33(50)26(17-24)18-28-21-46-23-47-28/h1-2,5,7-9,12-14,16-17,19-21,27,31,36,38-41,49-51,53-55,58H,3-4,6,10-11,15,18,22-23H2,(H,56,57)/t27-,31-,36+,38-,39+,40-,41+,43-,44-,45+/m0/s1. The lowest BCUT2D eigenvalue weighted by Gasteiger charge is -2.54. The first-order valence-electron chi connectivity index (χ1n) is 20.3. The Morgan fingerprint density at radius 3 is 2.58 bits per heavy atom. The number of carbonyl (C=O) groups excluding carboxylic acids is 1. The van der Waals surface area contributed by atoms with Gasteiger partial charge in [0.15, 0.2) is 23.1 Å². The second kappa shape index (κ2) is 14.9. The highest BCUT2D eigenvalue weighted by Crippen LogP contribution is 2.66. The fourth-order valence-corrected chi connectivity index (χ4v) is 11.0. The summed E-state index contributed by atoms with van der Waals surface area (Å²) in [6.45, 7) is -0.571. The molecule has 1 saturated carbocycles. The van der Waals surface area contributed by atoms with Gasteiger partial charge in [0, 0.05) is 41.7 Å². The van der Waals surface area contributed by atoms with E-state index in [0.717, 1.165) is 49.0 Å². The largest absolute Gasteiger partial charge is 0.508 e. The third kappa shape index (κ3) is 6.09. The normalized spacial score (nSPS) is 33.9. The molecular weight excluding hydrogens is 775 g/mol. The number of aromatic hydroxyl groups is 2. The predicted octanol–water partition coefficient (Wildman–Crippen LogP) is 2.85. The van der Waals surface area contributed by atoms with Gasteiger partial charge in [-0.25, -0.2) is 4.79 Å². The number of aliphatic imine (C=N–C) groups is 2. The Morgan fingerprint density at radius 1 is 1.00 bits per heavy atom. The number of carbonyl (C=O) groups is 2. The number of aliphatic hydroxyl groups is 5. The molecule has 15 nitrogen and oxygen atoms in total. The minimum absolute atomic E-state index is 0.0304. The van der Waals surface area contributed by atoms with Crippen LogP contribution in [0.2, 0.25) is 0 Å². The minimum Gasteiger partial charge on any atom is -0.508 e. The van der Waals surface area contributed by atoms with Crippen LogP contribution in [0.3, 0.4) is 0 Å². The number of ether oxygens (including phenoxy) is 2. The molecule has 2 fully saturated rings. The van der Waals surface area contributed by atoms with E-state index in [-0.39, 0.29) is 17.4 Å². The number of phenols is 2. The number of rotatable bonds is 9. The van der Waals surface area contributed by atoms with E-state index in [1.807, 2.05) is 18.2 Å². The quantitative estimate of drug-likeness (QED) is 0.0883. The number of amides is 1. The highest BCUT2D eigenvalue weighted by Gasteiger charge is 2.67. The number of fused-ring (bicyclic) bond motifs is 6. The molecule has 15 heteroatoms. The van der Waals surface area contributed by atoms with E-state index < -0.39 is 83.2 Å². The molecule has 3 aromatic carbocycles. The van der Waals surface area contributed by atoms with Crippen molar-refractivity contribution >= 4 is 35.6 Å². The van der Waals surface area contributed by atoms with Crippen LogP contribution in [-0.2, 0) is 32.6 Å². The van der Waals surface area contributed by atoms with Gasteiger partial charge >= 0.3 is 11.9 Å². The maximum atomic E-state index is 14.8. The minimum atomic E-state index is -3.11. The van der Waals surface area contributed by atoms with Crippen LogP contribution in [0.1, 0.15) is 65.8 Å². The van der Waals surface area contributed by atoms with Crippen LogP contribution in [0.5, 0.6) is 17.2 Å². The Kier molecular flexibility index (Phi) is 9.96. The Labute approximate surface area is 344 Å². The average molecular weight is 822 g/mol. The summed E-state index contributed by atoms with van der Waals surface area (Å²) < 4.78 is 11.0. The summed E-state index contributed by atoms with van der Waals surface area (Å²) >= 11 is 0. The number of phenolic OH excluding ortho intramolecular Hbond substituents is 2. The van der Waals surface area contributed by atoms with E-state index in [1.165, 1.54) is 35.9 Å². The van der Waals surface area contributed by atoms with Crippen molar-refractivity contribution in [2.45, 2.75) is 92.2 Å². The van der Waals surface area contributed by atoms with E-state index in [0.29, 0.717) is 35.5 Å². The van der Waals surface area contributed by atoms with Crippen LogP contribution in [-0.4, -0.2) is 114 Å². The molecule has 60 heavy (non-hydrogen) atoms. The number of aliphatic hydroxyl groups excluding tert-OH is 4. The van der Waals surface area contributed by atoms with Crippen LogP contribution in [0.4, 0.5) is 5.69 Å². The smallest absolute Gasteiger partial charge is 0.355 e. The molecule has 0 bridgehead atoms. The summed E-state index contributed by atoms with van der Waals surface area (Å²) in [4.78, 5) is 38.5. The number of nitrogens with zero attached hydrogens (tertiary/aromatic N) is 3. The SMILES string of the molecule is O=C(C=Cc1ccc(O)c(CC2=NCN=C2)c1)N1c2cc(O[C@@]3(O)O[C@H](CO)[C@@H](O)[C@H](O)[C@H]3O)c(O)cc2[C@H]2[C@@H]([C@@]34CCCC[C@H]3CCc3ccccc34)C=C[C@@]21C(=O)O. The van der Waals surface area contributed by atoms with Crippen LogP contribution >= 0.6 is 0 Å². The van der Waals surface area contributed by atoms with Gasteiger partial charge < -0.3 is 50.3 Å². The molecule has 10 atom stereocenters. The molecule has 3 aromatic rings. The summed E-state index contributed by atoms with van der Waals surface area (Å²) in [5, 5.41) is 86.5. The number of anilines is 1. The number of aryl methyl sites for hydroxylation is 1. The molecule has 3 aliphatic carbocycles. The Hall–Kier alpha value is -5.42. The third-order valence-electron chi connectivity index (χ3n) is 13.7. The van der Waals surface area contributed by atoms with Gasteiger partial charge in [0.05, 0.1) is 18.0 Å². The molecule has 3 aliphatic heterocycles. The van der Waals surface area contributed by atoms with Crippen molar-refractivity contribution < 1.29 is 59.9 Å². The van der Waals surface area contributed by atoms with Crippen molar-refractivity contribution in [2.75, 3.05) is 18.2 Å². The number of carboxylic acids is 1. The summed E-state index contributed by atoms with van der Waals surface area (Å²) in [5.41, 5.74) is 2.02. The number of hydrogen-bond donors (Lipinski definition) is 8. The Bertz CT molecular complexity index is 2360. The average Bonchev–Trinajstić information content (AvgIpc) is 3.98. The molecule has 0 unspecified atom stereocenters. The second-order valence-corrected chi connectivity index (χ2v) is 16.7. The van der Waals surface area contributed by atoms with Crippen molar-refractivity contribution in [2.24, 2.45) is 21.8 Å². The second-order valence-electron chi connectivity index (χ2n) is 16.7. The molecule has 1 saturated heterocycles. The maximum absolute atomic E-state index is 14.8. The third-order valence-corrected chi connectivity index (χ3v) is 13.7. The molecule has 6 aliphatic rings. The summed E-state index contributed by atoms with van der Waals surface area (Å²) in [6.07, 6.45) is 5.96. The number of benzene rings is 3. The fraction of sp³-hybridized carbons (Fsp3) is 0.422. The van der Waals surface area contributed by atoms with Gasteiger partial charge in [0.2, 0.25) is 0 Å². The topological polar surface area (TPSA) is 242 Å². The van der Waals surface area contributed by atoms with Crippen molar-refractivity contribution in [3.63, 3.8) is 0 Å². The van der Waals surface area contributed by atoms with Gasteiger partial charge in [-0.15, -0.1) is 0 Å². The first-order chi connectivity index (χ1) is 28.8. The van der Waals surface area contributed by atoms with Crippen LogP contribution in [0, 0.1) is 11.8 Å². The molecule has 314 valence electrons. The zero-order valence-electron chi connectivity index (χ0n) is 32.5. The van der Waals surface area contributed by atoms with Crippen LogP contribution in [0.25, 0.3) is 6.08 Å². The maximum Gasteiger partial charge on any atom is 0.355 e. The molecule has 8 N–H and O–H groups in total. The lowest BCUT2D eigenvalue weighted by molar-refractivity contribution is -0.422. The summed E-state index contributed by atoms with van der Waals surface area (Å²) in [6, 6.07) is 15.6. The lowest BCUT2D eigenvalue weighted by Crippen LogP contribution is -2.67. The highest BCUT2D eigenvalue weighted by molar-refractivity contribution is 6.32. The number of aliphatic carboxylic acids is 1. The van der Waals surface area contributed by atoms with E-state index in [4.69, 9.17) is 9.47 Å². The zero-order valence-corrected chi connectivity index (χ0v) is 32.5. The Balaban J connectivity index is 1.17. The molecular formula is C45H47N3O12. The molecule has 0 radical (unpaired) electrons. The van der Waals surface area contributed by atoms with Crippen molar-refractivity contribution in [1.29, 1.82) is 0 Å². The van der Waals surface area contributed by atoms with Crippen molar-refractivity contribution in [3.05, 3.63) is 101 Å². The van der Waals surface area contributed by atoms with E-state index in [2.05, 4.69) is 22.1 Å². The van der Waals surface area contributed by atoms with E-state index >= 15 is 0 Å². The van der Waals surface area contributed by atoms with E-state index in [1.54, 1.807) is 24.4 Å². The number of carboxylic acid groups (broad SMARTS) is 1. The number of allylic oxidation sites excluding steroid dienone is 1. The first-order valence-corrected chi connectivity index (χ1v) is 20.3. The van der Waals surface area contributed by atoms with Crippen LogP contribution in [0.15, 0.2) is 82.8 Å². The predicted molar refractivity (Wildman–Crippen MR) is 217 cm³/mol. The number of hydrogen-bond acceptors (Lipinski definition) is 13. The van der Waals surface area contributed by atoms with Gasteiger partial charge in [-0.1, -0.05) is 55.3 Å². The Morgan fingerprint density at radius 2 is 1.82 bits per heavy atom. The molecule has 3 heterocycles. The van der Waals surface area contributed by atoms with Crippen LogP contribution < -0.4 is 9.64 Å². The van der Waals surface area contributed by atoms with Crippen molar-refractivity contribution in [3.8, 4) is 17.2 Å². The first kappa shape index (κ1) is 40.0. The molecule has 9 rings (SSSR count).